The molecule has 0 aliphatic carbocycles. The molecular formula is C12H14N4O4S. The Hall–Kier alpha value is -2.26. The quantitative estimate of drug-likeness (QED) is 0.749. The van der Waals surface area contributed by atoms with E-state index in [0.29, 0.717) is 5.69 Å². The molecule has 0 amide bonds. The summed E-state index contributed by atoms with van der Waals surface area (Å²) in [5, 5.41) is 5.56. The first-order valence-electron chi connectivity index (χ1n) is 6.14. The van der Waals surface area contributed by atoms with Crippen molar-refractivity contribution < 1.29 is 17.9 Å². The molecule has 2 N–H and O–H groups in total. The standard InChI is InChI=1S/C12H14N4O4S/c1-2-20-12(17)10-8-14-16-11(10)21(18,19)15-7-9-5-3-4-6-13-9/h3-6,8,15H,2,7H2,1H3,(H,14,16). The first-order valence-corrected chi connectivity index (χ1v) is 7.63. The zero-order chi connectivity index (χ0) is 15.3. The summed E-state index contributed by atoms with van der Waals surface area (Å²) in [5.41, 5.74) is 0.420. The number of carbonyl (C=O) groups is 1. The predicted molar refractivity (Wildman–Crippen MR) is 72.8 cm³/mol. The molecule has 0 unspecified atom stereocenters. The fourth-order valence-corrected chi connectivity index (χ4v) is 2.66. The molecule has 0 spiro atoms. The van der Waals surface area contributed by atoms with Gasteiger partial charge in [-0.1, -0.05) is 6.07 Å². The summed E-state index contributed by atoms with van der Waals surface area (Å²) >= 11 is 0. The van der Waals surface area contributed by atoms with Crippen molar-refractivity contribution in [3.8, 4) is 0 Å². The van der Waals surface area contributed by atoms with Crippen molar-refractivity contribution in [1.82, 2.24) is 19.9 Å². The SMILES string of the molecule is CCOC(=O)c1cn[nH]c1S(=O)(=O)NCc1ccccn1. The van der Waals surface area contributed by atoms with Crippen LogP contribution in [-0.2, 0) is 21.3 Å². The van der Waals surface area contributed by atoms with E-state index in [1.807, 2.05) is 0 Å². The van der Waals surface area contributed by atoms with E-state index in [1.165, 1.54) is 0 Å². The van der Waals surface area contributed by atoms with Crippen molar-refractivity contribution in [2.45, 2.75) is 18.5 Å². The summed E-state index contributed by atoms with van der Waals surface area (Å²) in [6.45, 7) is 1.78. The molecule has 2 heterocycles. The van der Waals surface area contributed by atoms with Crippen LogP contribution in [-0.4, -0.2) is 36.2 Å². The molecule has 0 fully saturated rings. The third-order valence-corrected chi connectivity index (χ3v) is 3.91. The highest BCUT2D eigenvalue weighted by Gasteiger charge is 2.25. The smallest absolute Gasteiger partial charge is 0.342 e. The Morgan fingerprint density at radius 2 is 2.24 bits per heavy atom. The minimum atomic E-state index is -3.92. The van der Waals surface area contributed by atoms with Gasteiger partial charge in [-0.15, -0.1) is 0 Å². The van der Waals surface area contributed by atoms with Crippen LogP contribution in [0.1, 0.15) is 23.0 Å². The molecule has 0 bridgehead atoms. The van der Waals surface area contributed by atoms with E-state index in [-0.39, 0.29) is 23.7 Å². The van der Waals surface area contributed by atoms with Gasteiger partial charge < -0.3 is 4.74 Å². The summed E-state index contributed by atoms with van der Waals surface area (Å²) in [6, 6.07) is 5.16. The minimum Gasteiger partial charge on any atom is -0.462 e. The number of rotatable bonds is 6. The molecule has 0 radical (unpaired) electrons. The predicted octanol–water partition coefficient (Wildman–Crippen LogP) is 0.460. The van der Waals surface area contributed by atoms with E-state index >= 15 is 0 Å². The third kappa shape index (κ3) is 3.64. The lowest BCUT2D eigenvalue weighted by Gasteiger charge is -2.06. The number of aromatic nitrogens is 3. The Balaban J connectivity index is 2.17. The zero-order valence-electron chi connectivity index (χ0n) is 11.2. The molecule has 0 saturated carbocycles. The number of ether oxygens (including phenoxy) is 1. The Labute approximate surface area is 121 Å². The molecule has 2 aromatic rings. The van der Waals surface area contributed by atoms with Crippen molar-refractivity contribution >= 4 is 16.0 Å². The van der Waals surface area contributed by atoms with Crippen LogP contribution in [0.5, 0.6) is 0 Å². The van der Waals surface area contributed by atoms with Gasteiger partial charge in [0.05, 0.1) is 25.0 Å². The van der Waals surface area contributed by atoms with E-state index in [4.69, 9.17) is 4.74 Å². The molecule has 0 aliphatic heterocycles. The number of nitrogens with zero attached hydrogens (tertiary/aromatic N) is 2. The molecule has 0 saturated heterocycles. The molecule has 2 aromatic heterocycles. The average molecular weight is 310 g/mol. The molecule has 8 nitrogen and oxygen atoms in total. The lowest BCUT2D eigenvalue weighted by molar-refractivity contribution is 0.0522. The Bertz CT molecular complexity index is 712. The van der Waals surface area contributed by atoms with Crippen LogP contribution in [0.3, 0.4) is 0 Å². The normalized spacial score (nSPS) is 11.3. The highest BCUT2D eigenvalue weighted by Crippen LogP contribution is 2.13. The number of H-pyrrole nitrogens is 1. The molecule has 2 rings (SSSR count). The first-order chi connectivity index (χ1) is 10.0. The van der Waals surface area contributed by atoms with Crippen LogP contribution in [0.4, 0.5) is 0 Å². The van der Waals surface area contributed by atoms with E-state index in [9.17, 15) is 13.2 Å². The van der Waals surface area contributed by atoms with Crippen molar-refractivity contribution in [2.75, 3.05) is 6.61 Å². The number of hydrogen-bond acceptors (Lipinski definition) is 6. The molecule has 21 heavy (non-hydrogen) atoms. The highest BCUT2D eigenvalue weighted by atomic mass is 32.2. The summed E-state index contributed by atoms with van der Waals surface area (Å²) in [4.78, 5) is 15.7. The molecule has 0 atom stereocenters. The Morgan fingerprint density at radius 3 is 2.90 bits per heavy atom. The molecule has 0 aliphatic rings. The Morgan fingerprint density at radius 1 is 1.43 bits per heavy atom. The van der Waals surface area contributed by atoms with Gasteiger partial charge in [-0.2, -0.15) is 5.10 Å². The van der Waals surface area contributed by atoms with Gasteiger partial charge in [-0.05, 0) is 19.1 Å². The van der Waals surface area contributed by atoms with Crippen molar-refractivity contribution in [1.29, 1.82) is 0 Å². The second-order valence-electron chi connectivity index (χ2n) is 3.98. The van der Waals surface area contributed by atoms with Gasteiger partial charge in [0.25, 0.3) is 10.0 Å². The number of pyridine rings is 1. The van der Waals surface area contributed by atoms with Crippen LogP contribution in [0.15, 0.2) is 35.6 Å². The van der Waals surface area contributed by atoms with Gasteiger partial charge in [-0.3, -0.25) is 10.1 Å². The van der Waals surface area contributed by atoms with Gasteiger partial charge in [0, 0.05) is 6.20 Å². The number of aromatic amines is 1. The second-order valence-corrected chi connectivity index (χ2v) is 5.68. The third-order valence-electron chi connectivity index (χ3n) is 2.54. The van der Waals surface area contributed by atoms with E-state index in [2.05, 4.69) is 19.9 Å². The number of carbonyl (C=O) groups excluding carboxylic acids is 1. The van der Waals surface area contributed by atoms with Crippen LogP contribution in [0, 0.1) is 0 Å². The van der Waals surface area contributed by atoms with Crippen LogP contribution >= 0.6 is 0 Å². The second kappa shape index (κ2) is 6.46. The van der Waals surface area contributed by atoms with Gasteiger partial charge in [0.1, 0.15) is 5.56 Å². The van der Waals surface area contributed by atoms with Crippen molar-refractivity contribution in [2.24, 2.45) is 0 Å². The fraction of sp³-hybridized carbons (Fsp3) is 0.250. The van der Waals surface area contributed by atoms with Crippen LogP contribution < -0.4 is 4.72 Å². The number of sulfonamides is 1. The van der Waals surface area contributed by atoms with Crippen molar-refractivity contribution in [3.63, 3.8) is 0 Å². The maximum atomic E-state index is 12.2. The zero-order valence-corrected chi connectivity index (χ0v) is 12.1. The van der Waals surface area contributed by atoms with E-state index in [1.54, 1.807) is 31.3 Å². The molecule has 112 valence electrons. The van der Waals surface area contributed by atoms with Gasteiger partial charge >= 0.3 is 5.97 Å². The molecule has 0 aromatic carbocycles. The maximum absolute atomic E-state index is 12.2. The summed E-state index contributed by atoms with van der Waals surface area (Å²) in [5.74, 6) is -0.746. The van der Waals surface area contributed by atoms with Crippen molar-refractivity contribution in [3.05, 3.63) is 41.9 Å². The maximum Gasteiger partial charge on any atom is 0.342 e. The number of hydrogen-bond donors (Lipinski definition) is 2. The lowest BCUT2D eigenvalue weighted by Crippen LogP contribution is -2.26. The number of nitrogens with one attached hydrogen (secondary N) is 2. The fourth-order valence-electron chi connectivity index (χ4n) is 1.58. The average Bonchev–Trinajstić information content (AvgIpc) is 2.97. The monoisotopic (exact) mass is 310 g/mol. The van der Waals surface area contributed by atoms with E-state index in [0.717, 1.165) is 6.20 Å². The first kappa shape index (κ1) is 15.1. The lowest BCUT2D eigenvalue weighted by atomic mass is 10.4. The van der Waals surface area contributed by atoms with Gasteiger partial charge in [0.15, 0.2) is 5.03 Å². The van der Waals surface area contributed by atoms with Gasteiger partial charge in [-0.25, -0.2) is 17.9 Å². The largest absolute Gasteiger partial charge is 0.462 e. The van der Waals surface area contributed by atoms with Crippen LogP contribution in [0.2, 0.25) is 0 Å². The minimum absolute atomic E-state index is 0.00442. The highest BCUT2D eigenvalue weighted by molar-refractivity contribution is 7.89. The summed E-state index contributed by atoms with van der Waals surface area (Å²) in [7, 11) is -3.92. The Kier molecular flexibility index (Phi) is 4.66. The van der Waals surface area contributed by atoms with E-state index < -0.39 is 16.0 Å². The summed E-state index contributed by atoms with van der Waals surface area (Å²) < 4.78 is 31.5. The topological polar surface area (TPSA) is 114 Å². The summed E-state index contributed by atoms with van der Waals surface area (Å²) in [6.07, 6.45) is 2.68. The molecular weight excluding hydrogens is 296 g/mol. The van der Waals surface area contributed by atoms with Gasteiger partial charge in [0.2, 0.25) is 0 Å². The van der Waals surface area contributed by atoms with Crippen LogP contribution in [0.25, 0.3) is 0 Å². The number of esters is 1. The molecule has 9 heteroatoms.